The molecular formula is C11H12F3NO. The smallest absolute Gasteiger partial charge is 0.396 e. The highest BCUT2D eigenvalue weighted by atomic mass is 19.4. The van der Waals surface area contributed by atoms with Gasteiger partial charge in [0, 0.05) is 18.3 Å². The van der Waals surface area contributed by atoms with Gasteiger partial charge in [0.05, 0.1) is 5.56 Å². The zero-order chi connectivity index (χ0) is 11.8. The standard InChI is InChI=1S/C11H12F3NO/c12-11(13,14)8-2-1-7-5-9(3-4-16)15-10(7)6-8/h1-2,6,9,15-16H,3-5H2. The van der Waals surface area contributed by atoms with E-state index >= 15 is 0 Å². The summed E-state index contributed by atoms with van der Waals surface area (Å²) in [4.78, 5) is 0. The van der Waals surface area contributed by atoms with Gasteiger partial charge in [-0.05, 0) is 30.5 Å². The van der Waals surface area contributed by atoms with Crippen LogP contribution < -0.4 is 5.32 Å². The molecule has 2 nitrogen and oxygen atoms in total. The summed E-state index contributed by atoms with van der Waals surface area (Å²) in [6, 6.07) is 3.78. The van der Waals surface area contributed by atoms with E-state index in [4.69, 9.17) is 5.11 Å². The molecule has 0 amide bonds. The molecule has 16 heavy (non-hydrogen) atoms. The van der Waals surface area contributed by atoms with Crippen LogP contribution in [-0.2, 0) is 12.6 Å². The Kier molecular flexibility index (Phi) is 2.80. The van der Waals surface area contributed by atoms with Gasteiger partial charge in [0.1, 0.15) is 0 Å². The Bertz CT molecular complexity index is 389. The van der Waals surface area contributed by atoms with Crippen LogP contribution in [0.2, 0.25) is 0 Å². The molecule has 0 aromatic heterocycles. The number of aliphatic hydroxyl groups is 1. The van der Waals surface area contributed by atoms with E-state index in [9.17, 15) is 13.2 Å². The molecule has 0 saturated carbocycles. The molecular weight excluding hydrogens is 219 g/mol. The Morgan fingerprint density at radius 1 is 1.38 bits per heavy atom. The second kappa shape index (κ2) is 3.97. The van der Waals surface area contributed by atoms with Crippen LogP contribution >= 0.6 is 0 Å². The van der Waals surface area contributed by atoms with Crippen molar-refractivity contribution in [2.24, 2.45) is 0 Å². The van der Waals surface area contributed by atoms with Crippen LogP contribution in [0.4, 0.5) is 18.9 Å². The maximum Gasteiger partial charge on any atom is 0.416 e. The van der Waals surface area contributed by atoms with Crippen LogP contribution in [0.3, 0.4) is 0 Å². The summed E-state index contributed by atoms with van der Waals surface area (Å²) in [6.07, 6.45) is -3.07. The fraction of sp³-hybridized carbons (Fsp3) is 0.455. The van der Waals surface area contributed by atoms with Gasteiger partial charge in [0.2, 0.25) is 0 Å². The minimum atomic E-state index is -4.30. The highest BCUT2D eigenvalue weighted by Gasteiger charge is 2.32. The molecule has 0 bridgehead atoms. The largest absolute Gasteiger partial charge is 0.416 e. The third kappa shape index (κ3) is 2.14. The van der Waals surface area contributed by atoms with E-state index < -0.39 is 11.7 Å². The zero-order valence-electron chi connectivity index (χ0n) is 8.51. The van der Waals surface area contributed by atoms with Crippen molar-refractivity contribution in [2.75, 3.05) is 11.9 Å². The number of anilines is 1. The Labute approximate surface area is 91.1 Å². The van der Waals surface area contributed by atoms with Crippen molar-refractivity contribution in [2.45, 2.75) is 25.1 Å². The predicted octanol–water partition coefficient (Wildman–Crippen LogP) is 2.42. The van der Waals surface area contributed by atoms with Gasteiger partial charge in [-0.25, -0.2) is 0 Å². The summed E-state index contributed by atoms with van der Waals surface area (Å²) in [5.74, 6) is 0. The van der Waals surface area contributed by atoms with Gasteiger partial charge in [-0.2, -0.15) is 13.2 Å². The lowest BCUT2D eigenvalue weighted by atomic mass is 10.1. The lowest BCUT2D eigenvalue weighted by Gasteiger charge is -2.10. The molecule has 0 aliphatic carbocycles. The van der Waals surface area contributed by atoms with Crippen LogP contribution in [0.25, 0.3) is 0 Å². The molecule has 0 fully saturated rings. The lowest BCUT2D eigenvalue weighted by molar-refractivity contribution is -0.137. The molecule has 1 aliphatic heterocycles. The van der Waals surface area contributed by atoms with E-state index in [1.165, 1.54) is 6.07 Å². The molecule has 1 heterocycles. The fourth-order valence-electron chi connectivity index (χ4n) is 1.93. The molecule has 5 heteroatoms. The van der Waals surface area contributed by atoms with Gasteiger partial charge in [-0.15, -0.1) is 0 Å². The second-order valence-corrected chi connectivity index (χ2v) is 3.93. The third-order valence-electron chi connectivity index (χ3n) is 2.74. The number of alkyl halides is 3. The minimum Gasteiger partial charge on any atom is -0.396 e. The Morgan fingerprint density at radius 3 is 2.75 bits per heavy atom. The summed E-state index contributed by atoms with van der Waals surface area (Å²) in [6.45, 7) is 0.0395. The number of benzene rings is 1. The van der Waals surface area contributed by atoms with Crippen molar-refractivity contribution < 1.29 is 18.3 Å². The van der Waals surface area contributed by atoms with Gasteiger partial charge in [0.25, 0.3) is 0 Å². The molecule has 1 unspecified atom stereocenters. The normalized spacial score (nSPS) is 19.4. The Balaban J connectivity index is 2.21. The van der Waals surface area contributed by atoms with Crippen molar-refractivity contribution in [1.82, 2.24) is 0 Å². The summed E-state index contributed by atoms with van der Waals surface area (Å²) >= 11 is 0. The number of nitrogens with one attached hydrogen (secondary N) is 1. The number of rotatable bonds is 2. The van der Waals surface area contributed by atoms with Gasteiger partial charge >= 0.3 is 6.18 Å². The number of hydrogen-bond acceptors (Lipinski definition) is 2. The molecule has 1 aliphatic rings. The van der Waals surface area contributed by atoms with E-state index in [2.05, 4.69) is 5.32 Å². The molecule has 0 saturated heterocycles. The molecule has 1 aromatic rings. The van der Waals surface area contributed by atoms with Gasteiger partial charge in [0.15, 0.2) is 0 Å². The first-order valence-electron chi connectivity index (χ1n) is 5.08. The van der Waals surface area contributed by atoms with Crippen molar-refractivity contribution in [1.29, 1.82) is 0 Å². The monoisotopic (exact) mass is 231 g/mol. The van der Waals surface area contributed by atoms with Crippen LogP contribution in [0.1, 0.15) is 17.5 Å². The average molecular weight is 231 g/mol. The molecule has 0 spiro atoms. The quantitative estimate of drug-likeness (QED) is 0.819. The molecule has 1 aromatic carbocycles. The van der Waals surface area contributed by atoms with Crippen LogP contribution in [0, 0.1) is 0 Å². The Morgan fingerprint density at radius 2 is 2.12 bits per heavy atom. The van der Waals surface area contributed by atoms with Crippen LogP contribution in [0.5, 0.6) is 0 Å². The number of halogens is 3. The van der Waals surface area contributed by atoms with Crippen molar-refractivity contribution in [3.05, 3.63) is 29.3 Å². The van der Waals surface area contributed by atoms with E-state index in [1.807, 2.05) is 0 Å². The van der Waals surface area contributed by atoms with E-state index in [1.54, 1.807) is 0 Å². The highest BCUT2D eigenvalue weighted by molar-refractivity contribution is 5.58. The molecule has 2 N–H and O–H groups in total. The minimum absolute atomic E-state index is 0.0395. The van der Waals surface area contributed by atoms with Gasteiger partial charge < -0.3 is 10.4 Å². The number of aliphatic hydroxyl groups excluding tert-OH is 1. The van der Waals surface area contributed by atoms with Crippen LogP contribution in [-0.4, -0.2) is 17.8 Å². The summed E-state index contributed by atoms with van der Waals surface area (Å²) in [7, 11) is 0. The third-order valence-corrected chi connectivity index (χ3v) is 2.74. The first kappa shape index (κ1) is 11.3. The number of fused-ring (bicyclic) bond motifs is 1. The predicted molar refractivity (Wildman–Crippen MR) is 54.3 cm³/mol. The van der Waals surface area contributed by atoms with E-state index in [0.29, 0.717) is 18.5 Å². The summed E-state index contributed by atoms with van der Waals surface area (Å²) in [5, 5.41) is 11.8. The van der Waals surface area contributed by atoms with Crippen LogP contribution in [0.15, 0.2) is 18.2 Å². The van der Waals surface area contributed by atoms with Crippen molar-refractivity contribution in [3.8, 4) is 0 Å². The average Bonchev–Trinajstić information content (AvgIpc) is 2.57. The fourth-order valence-corrected chi connectivity index (χ4v) is 1.93. The van der Waals surface area contributed by atoms with Crippen molar-refractivity contribution >= 4 is 5.69 Å². The first-order valence-corrected chi connectivity index (χ1v) is 5.08. The SMILES string of the molecule is OCCC1Cc2ccc(C(F)(F)F)cc2N1. The maximum absolute atomic E-state index is 12.4. The summed E-state index contributed by atoms with van der Waals surface area (Å²) < 4.78 is 37.3. The van der Waals surface area contributed by atoms with Gasteiger partial charge in [-0.1, -0.05) is 6.07 Å². The first-order chi connectivity index (χ1) is 7.50. The number of hydrogen-bond donors (Lipinski definition) is 2. The molecule has 0 radical (unpaired) electrons. The molecule has 88 valence electrons. The van der Waals surface area contributed by atoms with E-state index in [-0.39, 0.29) is 12.6 Å². The van der Waals surface area contributed by atoms with Crippen molar-refractivity contribution in [3.63, 3.8) is 0 Å². The summed E-state index contributed by atoms with van der Waals surface area (Å²) in [5.41, 5.74) is 0.781. The maximum atomic E-state index is 12.4. The molecule has 1 atom stereocenters. The Hall–Kier alpha value is -1.23. The van der Waals surface area contributed by atoms with E-state index in [0.717, 1.165) is 17.7 Å². The highest BCUT2D eigenvalue weighted by Crippen LogP contribution is 2.35. The lowest BCUT2D eigenvalue weighted by Crippen LogP contribution is -2.16. The zero-order valence-corrected chi connectivity index (χ0v) is 8.51. The second-order valence-electron chi connectivity index (χ2n) is 3.93. The van der Waals surface area contributed by atoms with Gasteiger partial charge in [-0.3, -0.25) is 0 Å². The topological polar surface area (TPSA) is 32.3 Å². The molecule has 2 rings (SSSR count).